The summed E-state index contributed by atoms with van der Waals surface area (Å²) in [5.74, 6) is -0.0268. The van der Waals surface area contributed by atoms with E-state index in [-0.39, 0.29) is 11.5 Å². The SMILES string of the molecule is C=C(C)Oc1ccc(Br)cc1C(F)(F)F. The van der Waals surface area contributed by atoms with E-state index >= 15 is 0 Å². The van der Waals surface area contributed by atoms with E-state index in [1.165, 1.54) is 19.1 Å². The first-order valence-corrected chi connectivity index (χ1v) is 4.80. The van der Waals surface area contributed by atoms with Crippen molar-refractivity contribution in [1.29, 1.82) is 0 Å². The number of hydrogen-bond acceptors (Lipinski definition) is 1. The Balaban J connectivity index is 3.20. The Labute approximate surface area is 93.7 Å². The van der Waals surface area contributed by atoms with Crippen molar-refractivity contribution in [2.75, 3.05) is 0 Å². The Bertz CT molecular complexity index is 385. The van der Waals surface area contributed by atoms with Crippen LogP contribution in [-0.4, -0.2) is 0 Å². The second kappa shape index (κ2) is 4.26. The number of halogens is 4. The van der Waals surface area contributed by atoms with E-state index in [9.17, 15) is 13.2 Å². The first-order chi connectivity index (χ1) is 6.80. The van der Waals surface area contributed by atoms with Gasteiger partial charge in [-0.2, -0.15) is 13.2 Å². The monoisotopic (exact) mass is 280 g/mol. The molecule has 1 aromatic carbocycles. The summed E-state index contributed by atoms with van der Waals surface area (Å²) in [6.45, 7) is 4.88. The molecule has 0 amide bonds. The lowest BCUT2D eigenvalue weighted by Gasteiger charge is -2.13. The Hall–Kier alpha value is -0.970. The highest BCUT2D eigenvalue weighted by Gasteiger charge is 2.34. The van der Waals surface area contributed by atoms with Gasteiger partial charge < -0.3 is 4.74 Å². The lowest BCUT2D eigenvalue weighted by Crippen LogP contribution is -2.07. The number of hydrogen-bond donors (Lipinski definition) is 0. The van der Waals surface area contributed by atoms with Gasteiger partial charge in [-0.3, -0.25) is 0 Å². The number of ether oxygens (including phenoxy) is 1. The minimum Gasteiger partial charge on any atom is -0.462 e. The summed E-state index contributed by atoms with van der Waals surface area (Å²) in [6, 6.07) is 3.70. The molecule has 15 heavy (non-hydrogen) atoms. The molecule has 1 rings (SSSR count). The Morgan fingerprint density at radius 1 is 1.40 bits per heavy atom. The van der Waals surface area contributed by atoms with Crippen LogP contribution in [0.3, 0.4) is 0 Å². The fourth-order valence-corrected chi connectivity index (χ4v) is 1.36. The van der Waals surface area contributed by atoms with E-state index in [0.717, 1.165) is 6.07 Å². The second-order valence-corrected chi connectivity index (χ2v) is 3.86. The third kappa shape index (κ3) is 3.27. The minimum atomic E-state index is -4.44. The molecule has 0 aliphatic heterocycles. The molecule has 0 N–H and O–H groups in total. The topological polar surface area (TPSA) is 9.23 Å². The van der Waals surface area contributed by atoms with E-state index in [2.05, 4.69) is 22.5 Å². The van der Waals surface area contributed by atoms with Crippen LogP contribution < -0.4 is 4.74 Å². The molecule has 0 saturated carbocycles. The molecular formula is C10H8BrF3O. The number of alkyl halides is 3. The average Bonchev–Trinajstić information content (AvgIpc) is 2.05. The van der Waals surface area contributed by atoms with Crippen molar-refractivity contribution in [2.24, 2.45) is 0 Å². The highest BCUT2D eigenvalue weighted by molar-refractivity contribution is 9.10. The van der Waals surface area contributed by atoms with Gasteiger partial charge in [-0.15, -0.1) is 0 Å². The van der Waals surface area contributed by atoms with Crippen LogP contribution in [0.25, 0.3) is 0 Å². The molecule has 0 radical (unpaired) electrons. The molecule has 0 spiro atoms. The van der Waals surface area contributed by atoms with Gasteiger partial charge in [-0.1, -0.05) is 22.5 Å². The van der Waals surface area contributed by atoms with Gasteiger partial charge in [-0.05, 0) is 25.1 Å². The maximum atomic E-state index is 12.5. The molecule has 0 saturated heterocycles. The van der Waals surface area contributed by atoms with Gasteiger partial charge in [0.25, 0.3) is 0 Å². The van der Waals surface area contributed by atoms with Crippen LogP contribution >= 0.6 is 15.9 Å². The van der Waals surface area contributed by atoms with Crippen LogP contribution in [0.2, 0.25) is 0 Å². The van der Waals surface area contributed by atoms with Crippen molar-refractivity contribution >= 4 is 15.9 Å². The van der Waals surface area contributed by atoms with E-state index < -0.39 is 11.7 Å². The van der Waals surface area contributed by atoms with Crippen LogP contribution in [0.1, 0.15) is 12.5 Å². The third-order valence-corrected chi connectivity index (χ3v) is 2.02. The first kappa shape index (κ1) is 12.1. The van der Waals surface area contributed by atoms with Crippen LogP contribution in [0.4, 0.5) is 13.2 Å². The molecule has 0 unspecified atom stereocenters. The maximum Gasteiger partial charge on any atom is 0.420 e. The number of rotatable bonds is 2. The summed E-state index contributed by atoms with van der Waals surface area (Å²) in [5.41, 5.74) is -0.820. The van der Waals surface area contributed by atoms with Gasteiger partial charge in [0.1, 0.15) is 5.75 Å². The van der Waals surface area contributed by atoms with Crippen LogP contribution in [0.5, 0.6) is 5.75 Å². The van der Waals surface area contributed by atoms with Crippen LogP contribution in [0.15, 0.2) is 35.0 Å². The minimum absolute atomic E-state index is 0.211. The Kier molecular flexibility index (Phi) is 3.44. The van der Waals surface area contributed by atoms with E-state index in [4.69, 9.17) is 4.74 Å². The van der Waals surface area contributed by atoms with Crippen LogP contribution in [-0.2, 0) is 6.18 Å². The zero-order chi connectivity index (χ0) is 11.6. The summed E-state index contributed by atoms with van der Waals surface area (Å²) >= 11 is 2.98. The quantitative estimate of drug-likeness (QED) is 0.731. The molecule has 0 aliphatic rings. The summed E-state index contributed by atoms with van der Waals surface area (Å²) in [7, 11) is 0. The van der Waals surface area contributed by atoms with E-state index in [1.807, 2.05) is 0 Å². The molecule has 0 fully saturated rings. The molecule has 0 bridgehead atoms. The zero-order valence-corrected chi connectivity index (χ0v) is 9.45. The van der Waals surface area contributed by atoms with Crippen molar-refractivity contribution < 1.29 is 17.9 Å². The Morgan fingerprint density at radius 2 is 2.00 bits per heavy atom. The fraction of sp³-hybridized carbons (Fsp3) is 0.200. The van der Waals surface area contributed by atoms with Gasteiger partial charge in [0.05, 0.1) is 11.3 Å². The lowest BCUT2D eigenvalue weighted by atomic mass is 10.2. The fourth-order valence-electron chi connectivity index (χ4n) is 1.00. The molecule has 0 aromatic heterocycles. The summed E-state index contributed by atoms with van der Waals surface area (Å²) in [5, 5.41) is 0. The summed E-state index contributed by atoms with van der Waals surface area (Å²) < 4.78 is 42.9. The highest BCUT2D eigenvalue weighted by atomic mass is 79.9. The number of benzene rings is 1. The standard InChI is InChI=1S/C10H8BrF3O/c1-6(2)15-9-4-3-7(11)5-8(9)10(12,13)14/h3-5H,1H2,2H3. The van der Waals surface area contributed by atoms with Gasteiger partial charge in [0.2, 0.25) is 0 Å². The molecule has 1 nitrogen and oxygen atoms in total. The molecule has 0 heterocycles. The van der Waals surface area contributed by atoms with E-state index in [0.29, 0.717) is 4.47 Å². The van der Waals surface area contributed by atoms with Gasteiger partial charge in [-0.25, -0.2) is 0 Å². The predicted molar refractivity (Wildman–Crippen MR) is 54.6 cm³/mol. The lowest BCUT2D eigenvalue weighted by molar-refractivity contribution is -0.138. The Morgan fingerprint density at radius 3 is 2.47 bits per heavy atom. The predicted octanol–water partition coefficient (Wildman–Crippen LogP) is 4.38. The van der Waals surface area contributed by atoms with Gasteiger partial charge in [0.15, 0.2) is 0 Å². The van der Waals surface area contributed by atoms with Crippen molar-refractivity contribution in [3.05, 3.63) is 40.6 Å². The molecule has 82 valence electrons. The first-order valence-electron chi connectivity index (χ1n) is 4.01. The molecule has 0 aliphatic carbocycles. The normalized spacial score (nSPS) is 11.3. The molecule has 0 atom stereocenters. The summed E-state index contributed by atoms with van der Waals surface area (Å²) in [4.78, 5) is 0. The van der Waals surface area contributed by atoms with Crippen molar-refractivity contribution in [3.8, 4) is 5.75 Å². The van der Waals surface area contributed by atoms with Crippen molar-refractivity contribution in [3.63, 3.8) is 0 Å². The average molecular weight is 281 g/mol. The maximum absolute atomic E-state index is 12.5. The van der Waals surface area contributed by atoms with Crippen molar-refractivity contribution in [1.82, 2.24) is 0 Å². The largest absolute Gasteiger partial charge is 0.462 e. The van der Waals surface area contributed by atoms with Gasteiger partial charge >= 0.3 is 6.18 Å². The zero-order valence-electron chi connectivity index (χ0n) is 7.86. The highest BCUT2D eigenvalue weighted by Crippen LogP contribution is 2.38. The molecule has 1 aromatic rings. The molecular weight excluding hydrogens is 273 g/mol. The smallest absolute Gasteiger partial charge is 0.420 e. The van der Waals surface area contributed by atoms with Crippen LogP contribution in [0, 0.1) is 0 Å². The summed E-state index contributed by atoms with van der Waals surface area (Å²) in [6.07, 6.45) is -4.44. The van der Waals surface area contributed by atoms with Gasteiger partial charge in [0, 0.05) is 4.47 Å². The van der Waals surface area contributed by atoms with Crippen molar-refractivity contribution in [2.45, 2.75) is 13.1 Å². The third-order valence-electron chi connectivity index (χ3n) is 1.53. The second-order valence-electron chi connectivity index (χ2n) is 2.94. The molecule has 5 heteroatoms. The van der Waals surface area contributed by atoms with E-state index in [1.54, 1.807) is 0 Å². The number of allylic oxidation sites excluding steroid dienone is 1.